The van der Waals surface area contributed by atoms with Gasteiger partial charge in [0.25, 0.3) is 0 Å². The molecule has 1 saturated carbocycles. The highest BCUT2D eigenvalue weighted by molar-refractivity contribution is 5.89. The van der Waals surface area contributed by atoms with E-state index in [2.05, 4.69) is 6.07 Å². The van der Waals surface area contributed by atoms with Crippen LogP contribution >= 0.6 is 0 Å². The van der Waals surface area contributed by atoms with Crippen molar-refractivity contribution in [2.24, 2.45) is 0 Å². The Hall–Kier alpha value is -1.31. The predicted molar refractivity (Wildman–Crippen MR) is 64.1 cm³/mol. The predicted octanol–water partition coefficient (Wildman–Crippen LogP) is 3.52. The lowest BCUT2D eigenvalue weighted by molar-refractivity contribution is 0.0695. The first-order valence-corrected chi connectivity index (χ1v) is 6.00. The van der Waals surface area contributed by atoms with E-state index in [-0.39, 0.29) is 0 Å². The van der Waals surface area contributed by atoms with Crippen LogP contribution in [0.25, 0.3) is 0 Å². The van der Waals surface area contributed by atoms with Gasteiger partial charge in [0, 0.05) is 0 Å². The second-order valence-corrected chi connectivity index (χ2v) is 4.65. The minimum Gasteiger partial charge on any atom is -0.478 e. The molecule has 1 aliphatic carbocycles. The van der Waals surface area contributed by atoms with Crippen LogP contribution in [0.1, 0.15) is 59.2 Å². The molecule has 16 heavy (non-hydrogen) atoms. The first kappa shape index (κ1) is 11.2. The summed E-state index contributed by atoms with van der Waals surface area (Å²) in [5.74, 6) is -0.131. The van der Waals surface area contributed by atoms with Crippen LogP contribution in [0.4, 0.5) is 0 Å². The van der Waals surface area contributed by atoms with Gasteiger partial charge in [-0.25, -0.2) is 4.79 Å². The molecule has 0 radical (unpaired) electrons. The summed E-state index contributed by atoms with van der Waals surface area (Å²) in [4.78, 5) is 11.1. The number of hydrogen-bond acceptors (Lipinski definition) is 1. The van der Waals surface area contributed by atoms with Crippen molar-refractivity contribution >= 4 is 5.97 Å². The Morgan fingerprint density at radius 1 is 1.44 bits per heavy atom. The van der Waals surface area contributed by atoms with Gasteiger partial charge in [-0.1, -0.05) is 19.4 Å². The monoisotopic (exact) mass is 218 g/mol. The molecule has 0 heterocycles. The van der Waals surface area contributed by atoms with Gasteiger partial charge >= 0.3 is 5.97 Å². The van der Waals surface area contributed by atoms with Crippen LogP contribution in [0.5, 0.6) is 0 Å². The number of rotatable bonds is 3. The minimum atomic E-state index is -0.805. The lowest BCUT2D eigenvalue weighted by Crippen LogP contribution is -2.12. The Balaban J connectivity index is 2.45. The first-order chi connectivity index (χ1) is 7.63. The molecule has 1 aliphatic rings. The Morgan fingerprint density at radius 3 is 2.56 bits per heavy atom. The van der Waals surface area contributed by atoms with Gasteiger partial charge < -0.3 is 5.11 Å². The summed E-state index contributed by atoms with van der Waals surface area (Å²) in [5, 5.41) is 9.12. The van der Waals surface area contributed by atoms with Crippen molar-refractivity contribution in [2.75, 3.05) is 0 Å². The van der Waals surface area contributed by atoms with Gasteiger partial charge in [-0.3, -0.25) is 0 Å². The van der Waals surface area contributed by atoms with Gasteiger partial charge in [0.1, 0.15) is 0 Å². The second kappa shape index (κ2) is 4.28. The van der Waals surface area contributed by atoms with E-state index in [0.29, 0.717) is 11.5 Å². The number of carboxylic acid groups (broad SMARTS) is 1. The van der Waals surface area contributed by atoms with Crippen LogP contribution in [-0.2, 0) is 6.42 Å². The molecule has 2 nitrogen and oxygen atoms in total. The SMILES string of the molecule is CCc1cc(C2CCC2)c(C)cc1C(=O)O. The fourth-order valence-corrected chi connectivity index (χ4v) is 2.42. The number of hydrogen-bond donors (Lipinski definition) is 1. The molecule has 0 unspecified atom stereocenters. The molecular weight excluding hydrogens is 200 g/mol. The lowest BCUT2D eigenvalue weighted by Gasteiger charge is -2.28. The van der Waals surface area contributed by atoms with Crippen molar-refractivity contribution in [1.82, 2.24) is 0 Å². The van der Waals surface area contributed by atoms with Crippen LogP contribution in [0.3, 0.4) is 0 Å². The number of benzene rings is 1. The van der Waals surface area contributed by atoms with Crippen molar-refractivity contribution < 1.29 is 9.90 Å². The van der Waals surface area contributed by atoms with Crippen molar-refractivity contribution in [1.29, 1.82) is 0 Å². The van der Waals surface area contributed by atoms with Crippen LogP contribution < -0.4 is 0 Å². The number of carboxylic acids is 1. The van der Waals surface area contributed by atoms with E-state index >= 15 is 0 Å². The van der Waals surface area contributed by atoms with E-state index < -0.39 is 5.97 Å². The lowest BCUT2D eigenvalue weighted by atomic mass is 9.77. The molecule has 0 spiro atoms. The summed E-state index contributed by atoms with van der Waals surface area (Å²) < 4.78 is 0. The summed E-state index contributed by atoms with van der Waals surface area (Å²) >= 11 is 0. The van der Waals surface area contributed by atoms with Gasteiger partial charge in [-0.15, -0.1) is 0 Å². The van der Waals surface area contributed by atoms with Crippen LogP contribution in [0.15, 0.2) is 12.1 Å². The number of carbonyl (C=O) groups is 1. The maximum atomic E-state index is 11.1. The summed E-state index contributed by atoms with van der Waals surface area (Å²) in [6.45, 7) is 4.04. The van der Waals surface area contributed by atoms with Crippen molar-refractivity contribution in [3.05, 3.63) is 34.4 Å². The Bertz CT molecular complexity index is 417. The van der Waals surface area contributed by atoms with Gasteiger partial charge in [0.2, 0.25) is 0 Å². The zero-order chi connectivity index (χ0) is 11.7. The van der Waals surface area contributed by atoms with Gasteiger partial charge in [-0.05, 0) is 54.9 Å². The maximum Gasteiger partial charge on any atom is 0.335 e. The molecule has 0 amide bonds. The molecule has 0 aliphatic heterocycles. The van der Waals surface area contributed by atoms with E-state index in [1.54, 1.807) is 0 Å². The fraction of sp³-hybridized carbons (Fsp3) is 0.500. The normalized spacial score (nSPS) is 15.9. The smallest absolute Gasteiger partial charge is 0.335 e. The third-order valence-corrected chi connectivity index (χ3v) is 3.65. The van der Waals surface area contributed by atoms with Crippen LogP contribution in [-0.4, -0.2) is 11.1 Å². The molecule has 1 aromatic carbocycles. The average molecular weight is 218 g/mol. The second-order valence-electron chi connectivity index (χ2n) is 4.65. The average Bonchev–Trinajstić information content (AvgIpc) is 2.17. The van der Waals surface area contributed by atoms with Crippen molar-refractivity contribution in [2.45, 2.75) is 45.4 Å². The minimum absolute atomic E-state index is 0.475. The Kier molecular flexibility index (Phi) is 2.99. The van der Waals surface area contributed by atoms with Gasteiger partial charge in [0.15, 0.2) is 0 Å². The summed E-state index contributed by atoms with van der Waals surface area (Å²) in [7, 11) is 0. The molecule has 0 bridgehead atoms. The van der Waals surface area contributed by atoms with Crippen molar-refractivity contribution in [3.63, 3.8) is 0 Å². The Labute approximate surface area is 96.3 Å². The maximum absolute atomic E-state index is 11.1. The molecular formula is C14H18O2. The van der Waals surface area contributed by atoms with E-state index in [9.17, 15) is 4.79 Å². The molecule has 1 fully saturated rings. The molecule has 1 N–H and O–H groups in total. The van der Waals surface area contributed by atoms with Crippen LogP contribution in [0, 0.1) is 6.92 Å². The highest BCUT2D eigenvalue weighted by Crippen LogP contribution is 2.38. The highest BCUT2D eigenvalue weighted by Gasteiger charge is 2.23. The molecule has 1 aromatic rings. The zero-order valence-electron chi connectivity index (χ0n) is 9.92. The molecule has 0 atom stereocenters. The standard InChI is InChI=1S/C14H18O2/c1-3-10-8-12(11-5-4-6-11)9(2)7-13(10)14(15)16/h7-8,11H,3-6H2,1-2H3,(H,15,16). The zero-order valence-corrected chi connectivity index (χ0v) is 9.92. The van der Waals surface area contributed by atoms with E-state index in [1.165, 1.54) is 24.8 Å². The number of aryl methyl sites for hydroxylation is 2. The quantitative estimate of drug-likeness (QED) is 0.842. The van der Waals surface area contributed by atoms with E-state index in [0.717, 1.165) is 17.5 Å². The molecule has 2 heteroatoms. The molecule has 86 valence electrons. The summed E-state index contributed by atoms with van der Waals surface area (Å²) in [6, 6.07) is 3.96. The van der Waals surface area contributed by atoms with Crippen molar-refractivity contribution in [3.8, 4) is 0 Å². The first-order valence-electron chi connectivity index (χ1n) is 6.00. The molecule has 2 rings (SSSR count). The third-order valence-electron chi connectivity index (χ3n) is 3.65. The largest absolute Gasteiger partial charge is 0.478 e. The van der Waals surface area contributed by atoms with Gasteiger partial charge in [0.05, 0.1) is 5.56 Å². The van der Waals surface area contributed by atoms with E-state index in [4.69, 9.17) is 5.11 Å². The molecule has 0 aromatic heterocycles. The highest BCUT2D eigenvalue weighted by atomic mass is 16.4. The summed E-state index contributed by atoms with van der Waals surface area (Å²) in [5.41, 5.74) is 3.95. The fourth-order valence-electron chi connectivity index (χ4n) is 2.42. The van der Waals surface area contributed by atoms with Crippen LogP contribution in [0.2, 0.25) is 0 Å². The van der Waals surface area contributed by atoms with E-state index in [1.807, 2.05) is 19.9 Å². The van der Waals surface area contributed by atoms with Gasteiger partial charge in [-0.2, -0.15) is 0 Å². The molecule has 0 saturated heterocycles. The summed E-state index contributed by atoms with van der Waals surface area (Å²) in [6.07, 6.45) is 4.63. The number of aromatic carboxylic acids is 1. The Morgan fingerprint density at radius 2 is 2.12 bits per heavy atom. The topological polar surface area (TPSA) is 37.3 Å². The third kappa shape index (κ3) is 1.84.